The molecular weight excluding hydrogens is 532 g/mol. The van der Waals surface area contributed by atoms with Gasteiger partial charge in [-0.3, -0.25) is 0 Å². The second-order valence-electron chi connectivity index (χ2n) is 14.3. The first-order valence-corrected chi connectivity index (χ1v) is 15.8. The Bertz CT molecular complexity index is 1580. The summed E-state index contributed by atoms with van der Waals surface area (Å²) in [6.45, 7) is 22.7. The number of para-hydroxylation sites is 2. The van der Waals surface area contributed by atoms with Crippen molar-refractivity contribution >= 4 is 34.1 Å². The van der Waals surface area contributed by atoms with Crippen LogP contribution in [0.1, 0.15) is 74.9 Å². The predicted molar refractivity (Wildman–Crippen MR) is 192 cm³/mol. The Balaban J connectivity index is 1.73. The van der Waals surface area contributed by atoms with Gasteiger partial charge in [-0.1, -0.05) is 108 Å². The van der Waals surface area contributed by atoms with Gasteiger partial charge in [-0.2, -0.15) is 0 Å². The molecule has 0 bridgehead atoms. The fourth-order valence-electron chi connectivity index (χ4n) is 6.22. The maximum atomic E-state index is 2.42. The van der Waals surface area contributed by atoms with Crippen molar-refractivity contribution in [2.45, 2.75) is 80.1 Å². The molecule has 226 valence electrons. The molecule has 5 rings (SSSR count). The normalized spacial score (nSPS) is 11.9. The average Bonchev–Trinajstić information content (AvgIpc) is 2.96. The molecule has 0 unspecified atom stereocenters. The van der Waals surface area contributed by atoms with Crippen molar-refractivity contribution in [3.8, 4) is 0 Å². The van der Waals surface area contributed by atoms with Crippen LogP contribution >= 0.6 is 0 Å². The summed E-state index contributed by atoms with van der Waals surface area (Å²) in [7, 11) is 0. The van der Waals surface area contributed by atoms with Gasteiger partial charge in [0.25, 0.3) is 0 Å². The Morgan fingerprint density at radius 2 is 0.659 bits per heavy atom. The summed E-state index contributed by atoms with van der Waals surface area (Å²) in [6.07, 6.45) is 0. The highest BCUT2D eigenvalue weighted by Gasteiger charge is 2.24. The van der Waals surface area contributed by atoms with Gasteiger partial charge in [-0.25, -0.2) is 0 Å². The van der Waals surface area contributed by atoms with E-state index in [0.717, 1.165) is 22.7 Å². The Morgan fingerprint density at radius 1 is 0.364 bits per heavy atom. The molecule has 0 aliphatic heterocycles. The van der Waals surface area contributed by atoms with Crippen LogP contribution in [0.4, 0.5) is 34.1 Å². The van der Waals surface area contributed by atoms with E-state index in [1.165, 1.54) is 44.8 Å². The number of anilines is 6. The Kier molecular flexibility index (Phi) is 8.49. The first-order chi connectivity index (χ1) is 20.8. The summed E-state index contributed by atoms with van der Waals surface area (Å²) in [6, 6.07) is 40.0. The zero-order valence-electron chi connectivity index (χ0n) is 28.3. The molecule has 0 N–H and O–H groups in total. The van der Waals surface area contributed by atoms with Crippen molar-refractivity contribution in [1.82, 2.24) is 0 Å². The van der Waals surface area contributed by atoms with Crippen LogP contribution in [0, 0.1) is 27.7 Å². The minimum atomic E-state index is 0.0833. The fourth-order valence-corrected chi connectivity index (χ4v) is 6.22. The standard InChI is InChI=1S/C42H48N2/c1-29-24-33(41(5,6)7)25-30(2)39(29)43(35-18-13-11-14-19-35)37-22-17-23-38(28-37)44(36-20-15-12-16-21-36)40-31(3)26-34(27-32(40)4)42(8,9)10/h11-28H,1-10H3. The van der Waals surface area contributed by atoms with Crippen molar-refractivity contribution in [2.24, 2.45) is 0 Å². The summed E-state index contributed by atoms with van der Waals surface area (Å²) in [5.74, 6) is 0. The van der Waals surface area contributed by atoms with Crippen LogP contribution in [0.5, 0.6) is 0 Å². The van der Waals surface area contributed by atoms with E-state index < -0.39 is 0 Å². The molecule has 0 spiro atoms. The second kappa shape index (κ2) is 12.0. The maximum Gasteiger partial charge on any atom is 0.0520 e. The molecule has 0 heterocycles. The highest BCUT2D eigenvalue weighted by Crippen LogP contribution is 2.45. The number of aryl methyl sites for hydroxylation is 4. The average molecular weight is 581 g/mol. The van der Waals surface area contributed by atoms with Gasteiger partial charge in [0, 0.05) is 22.7 Å². The van der Waals surface area contributed by atoms with Gasteiger partial charge in [-0.05, 0) is 114 Å². The number of hydrogen-bond acceptors (Lipinski definition) is 2. The maximum absolute atomic E-state index is 2.42. The molecule has 0 saturated carbocycles. The first kappa shape index (κ1) is 31.1. The summed E-state index contributed by atoms with van der Waals surface area (Å²) in [4.78, 5) is 4.85. The van der Waals surface area contributed by atoms with Gasteiger partial charge < -0.3 is 9.80 Å². The first-order valence-electron chi connectivity index (χ1n) is 15.8. The van der Waals surface area contributed by atoms with Gasteiger partial charge in [0.05, 0.1) is 11.4 Å². The Labute approximate surface area is 266 Å². The van der Waals surface area contributed by atoms with Crippen LogP contribution in [0.2, 0.25) is 0 Å². The van der Waals surface area contributed by atoms with E-state index in [2.05, 4.69) is 188 Å². The van der Waals surface area contributed by atoms with Gasteiger partial charge in [0.15, 0.2) is 0 Å². The lowest BCUT2D eigenvalue weighted by Gasteiger charge is -2.33. The summed E-state index contributed by atoms with van der Waals surface area (Å²) >= 11 is 0. The van der Waals surface area contributed by atoms with E-state index in [-0.39, 0.29) is 10.8 Å². The quantitative estimate of drug-likeness (QED) is 0.197. The monoisotopic (exact) mass is 580 g/mol. The van der Waals surface area contributed by atoms with E-state index >= 15 is 0 Å². The molecule has 0 amide bonds. The molecule has 44 heavy (non-hydrogen) atoms. The number of benzene rings is 5. The van der Waals surface area contributed by atoms with E-state index in [0.29, 0.717) is 0 Å². The zero-order valence-corrected chi connectivity index (χ0v) is 28.3. The summed E-state index contributed by atoms with van der Waals surface area (Å²) in [5.41, 5.74) is 15.0. The van der Waals surface area contributed by atoms with Crippen LogP contribution < -0.4 is 9.80 Å². The molecule has 0 radical (unpaired) electrons. The van der Waals surface area contributed by atoms with Crippen molar-refractivity contribution in [3.63, 3.8) is 0 Å². The minimum Gasteiger partial charge on any atom is -0.310 e. The topological polar surface area (TPSA) is 6.48 Å². The smallest absolute Gasteiger partial charge is 0.0520 e. The summed E-state index contributed by atoms with van der Waals surface area (Å²) in [5, 5.41) is 0. The fraction of sp³-hybridized carbons (Fsp3) is 0.286. The molecule has 5 aromatic rings. The third kappa shape index (κ3) is 6.31. The van der Waals surface area contributed by atoms with E-state index in [9.17, 15) is 0 Å². The highest BCUT2D eigenvalue weighted by molar-refractivity contribution is 5.86. The van der Waals surface area contributed by atoms with E-state index in [1.54, 1.807) is 0 Å². The van der Waals surface area contributed by atoms with E-state index in [1.807, 2.05) is 0 Å². The van der Waals surface area contributed by atoms with Gasteiger partial charge in [0.1, 0.15) is 0 Å². The SMILES string of the molecule is Cc1cc(C(C)(C)C)cc(C)c1N(c1ccccc1)c1cccc(N(c2ccccc2)c2c(C)cc(C(C)(C)C)cc2C)c1. The molecule has 0 aliphatic carbocycles. The van der Waals surface area contributed by atoms with Gasteiger partial charge in [-0.15, -0.1) is 0 Å². The molecule has 0 aromatic heterocycles. The number of nitrogens with zero attached hydrogens (tertiary/aromatic N) is 2. The third-order valence-corrected chi connectivity index (χ3v) is 8.54. The minimum absolute atomic E-state index is 0.0833. The highest BCUT2D eigenvalue weighted by atomic mass is 15.2. The lowest BCUT2D eigenvalue weighted by atomic mass is 9.84. The predicted octanol–water partition coefficient (Wildman–Crippen LogP) is 12.5. The number of hydrogen-bond donors (Lipinski definition) is 0. The van der Waals surface area contributed by atoms with Crippen LogP contribution in [0.15, 0.2) is 109 Å². The van der Waals surface area contributed by atoms with Crippen molar-refractivity contribution in [1.29, 1.82) is 0 Å². The zero-order chi connectivity index (χ0) is 31.8. The second-order valence-corrected chi connectivity index (χ2v) is 14.3. The van der Waals surface area contributed by atoms with Crippen molar-refractivity contribution < 1.29 is 0 Å². The van der Waals surface area contributed by atoms with Crippen molar-refractivity contribution in [3.05, 3.63) is 143 Å². The molecule has 0 aliphatic rings. The van der Waals surface area contributed by atoms with Gasteiger partial charge >= 0.3 is 0 Å². The largest absolute Gasteiger partial charge is 0.310 e. The molecule has 0 saturated heterocycles. The van der Waals surface area contributed by atoms with Crippen LogP contribution in [-0.4, -0.2) is 0 Å². The van der Waals surface area contributed by atoms with Crippen LogP contribution in [-0.2, 0) is 10.8 Å². The lowest BCUT2D eigenvalue weighted by molar-refractivity contribution is 0.589. The lowest BCUT2D eigenvalue weighted by Crippen LogP contribution is -2.18. The molecule has 5 aromatic carbocycles. The molecule has 0 fully saturated rings. The van der Waals surface area contributed by atoms with Gasteiger partial charge in [0.2, 0.25) is 0 Å². The van der Waals surface area contributed by atoms with Crippen LogP contribution in [0.25, 0.3) is 0 Å². The molecule has 2 nitrogen and oxygen atoms in total. The summed E-state index contributed by atoms with van der Waals surface area (Å²) < 4.78 is 0. The van der Waals surface area contributed by atoms with Crippen molar-refractivity contribution in [2.75, 3.05) is 9.80 Å². The molecular formula is C42H48N2. The Morgan fingerprint density at radius 3 is 0.955 bits per heavy atom. The number of rotatable bonds is 6. The molecule has 0 atom stereocenters. The Hall–Kier alpha value is -4.30. The third-order valence-electron chi connectivity index (χ3n) is 8.54. The molecule has 2 heteroatoms. The van der Waals surface area contributed by atoms with Crippen LogP contribution in [0.3, 0.4) is 0 Å². The van der Waals surface area contributed by atoms with E-state index in [4.69, 9.17) is 0 Å².